The van der Waals surface area contributed by atoms with Crippen LogP contribution in [0.5, 0.6) is 0 Å². The van der Waals surface area contributed by atoms with Gasteiger partial charge < -0.3 is 40.3 Å². The van der Waals surface area contributed by atoms with E-state index in [4.69, 9.17) is 9.47 Å². The van der Waals surface area contributed by atoms with Crippen LogP contribution in [0.15, 0.2) is 48.6 Å². The summed E-state index contributed by atoms with van der Waals surface area (Å²) < 4.78 is 11.1. The van der Waals surface area contributed by atoms with Crippen molar-refractivity contribution in [3.63, 3.8) is 0 Å². The van der Waals surface area contributed by atoms with Gasteiger partial charge in [0, 0.05) is 6.42 Å². The van der Waals surface area contributed by atoms with Gasteiger partial charge in [-0.1, -0.05) is 114 Å². The lowest BCUT2D eigenvalue weighted by Gasteiger charge is -2.40. The predicted octanol–water partition coefficient (Wildman–Crippen LogP) is 5.54. The Morgan fingerprint density at radius 2 is 1.35 bits per heavy atom. The second kappa shape index (κ2) is 28.2. The highest BCUT2D eigenvalue weighted by atomic mass is 16.7. The van der Waals surface area contributed by atoms with Gasteiger partial charge in [0.1, 0.15) is 24.4 Å². The molecular weight excluding hydrogens is 586 g/mol. The molecule has 1 aliphatic rings. The molecule has 0 aromatic rings. The maximum atomic E-state index is 12.8. The van der Waals surface area contributed by atoms with Crippen LogP contribution in [0.3, 0.4) is 0 Å². The van der Waals surface area contributed by atoms with Crippen LogP contribution in [0.4, 0.5) is 0 Å². The summed E-state index contributed by atoms with van der Waals surface area (Å²) in [5.41, 5.74) is 0. The lowest BCUT2D eigenvalue weighted by Crippen LogP contribution is -2.60. The number of carbonyl (C=O) groups excluding carboxylic acids is 1. The molecule has 0 bridgehead atoms. The van der Waals surface area contributed by atoms with E-state index in [1.165, 1.54) is 25.7 Å². The first-order valence-corrected chi connectivity index (χ1v) is 17.9. The SMILES string of the molecule is CC/C=C\C/C=C\C/C=C\CCCCCCCC(=O)NC(COC1OC(CO)C(O)C(O)C1O)C(O)/C=C/CCCCCCCC. The number of amides is 1. The minimum atomic E-state index is -1.57. The van der Waals surface area contributed by atoms with Crippen molar-refractivity contribution >= 4 is 5.91 Å². The number of nitrogens with one attached hydrogen (secondary N) is 1. The molecule has 266 valence electrons. The zero-order chi connectivity index (χ0) is 33.8. The third-order valence-electron chi connectivity index (χ3n) is 8.16. The van der Waals surface area contributed by atoms with Crippen molar-refractivity contribution in [1.29, 1.82) is 0 Å². The van der Waals surface area contributed by atoms with Gasteiger partial charge in [-0.25, -0.2) is 0 Å². The molecule has 9 heteroatoms. The molecule has 9 nitrogen and oxygen atoms in total. The van der Waals surface area contributed by atoms with E-state index in [9.17, 15) is 30.3 Å². The summed E-state index contributed by atoms with van der Waals surface area (Å²) in [6.45, 7) is 3.56. The zero-order valence-corrected chi connectivity index (χ0v) is 28.6. The van der Waals surface area contributed by atoms with Crippen LogP contribution < -0.4 is 5.32 Å². The molecule has 1 aliphatic heterocycles. The van der Waals surface area contributed by atoms with E-state index >= 15 is 0 Å². The van der Waals surface area contributed by atoms with Crippen molar-refractivity contribution in [2.24, 2.45) is 0 Å². The van der Waals surface area contributed by atoms with Gasteiger partial charge in [0.25, 0.3) is 0 Å². The van der Waals surface area contributed by atoms with E-state index in [-0.39, 0.29) is 12.5 Å². The van der Waals surface area contributed by atoms with Crippen LogP contribution in [0.1, 0.15) is 123 Å². The molecular formula is C37H65NO8. The Bertz CT molecular complexity index is 858. The molecule has 0 radical (unpaired) electrons. The average Bonchev–Trinajstić information content (AvgIpc) is 3.05. The first-order chi connectivity index (χ1) is 22.3. The number of aliphatic hydroxyl groups is 5. The number of hydrogen-bond donors (Lipinski definition) is 6. The van der Waals surface area contributed by atoms with Gasteiger partial charge in [-0.3, -0.25) is 4.79 Å². The molecule has 0 aliphatic carbocycles. The monoisotopic (exact) mass is 651 g/mol. The molecule has 1 rings (SSSR count). The van der Waals surface area contributed by atoms with Crippen molar-refractivity contribution in [3.05, 3.63) is 48.6 Å². The zero-order valence-electron chi connectivity index (χ0n) is 28.6. The molecule has 1 saturated heterocycles. The molecule has 7 unspecified atom stereocenters. The summed E-state index contributed by atoms with van der Waals surface area (Å²) in [7, 11) is 0. The number of aliphatic hydroxyl groups excluding tert-OH is 5. The van der Waals surface area contributed by atoms with Gasteiger partial charge in [-0.05, 0) is 51.4 Å². The van der Waals surface area contributed by atoms with Crippen LogP contribution in [-0.4, -0.2) is 87.5 Å². The van der Waals surface area contributed by atoms with Gasteiger partial charge in [-0.2, -0.15) is 0 Å². The molecule has 0 aromatic heterocycles. The van der Waals surface area contributed by atoms with Crippen LogP contribution in [0.2, 0.25) is 0 Å². The fourth-order valence-corrected chi connectivity index (χ4v) is 5.23. The fraction of sp³-hybridized carbons (Fsp3) is 0.757. The Hall–Kier alpha value is -1.85. The standard InChI is InChI=1S/C37H65NO8/c1-3-5-7-9-11-13-14-15-16-17-18-19-21-23-25-27-33(41)38-30(31(40)26-24-22-20-12-10-8-6-4-2)29-45-37-36(44)35(43)34(42)32(28-39)46-37/h5,7,11,13,15-16,24,26,30-32,34-37,39-40,42-44H,3-4,6,8-10,12,14,17-23,25,27-29H2,1-2H3,(H,38,41)/b7-5-,13-11-,16-15-,26-24+. The summed E-state index contributed by atoms with van der Waals surface area (Å²) in [5.74, 6) is -0.202. The Kier molecular flexibility index (Phi) is 25.8. The average molecular weight is 652 g/mol. The van der Waals surface area contributed by atoms with Crippen molar-refractivity contribution in [1.82, 2.24) is 5.32 Å². The van der Waals surface area contributed by atoms with Crippen LogP contribution in [-0.2, 0) is 14.3 Å². The molecule has 0 aromatic carbocycles. The summed E-state index contributed by atoms with van der Waals surface area (Å²) in [6, 6.07) is -0.810. The lowest BCUT2D eigenvalue weighted by molar-refractivity contribution is -0.302. The normalized spacial score (nSPS) is 23.7. The molecule has 0 saturated carbocycles. The van der Waals surface area contributed by atoms with Crippen LogP contribution >= 0.6 is 0 Å². The maximum absolute atomic E-state index is 12.8. The second-order valence-corrected chi connectivity index (χ2v) is 12.3. The highest BCUT2D eigenvalue weighted by molar-refractivity contribution is 5.76. The van der Waals surface area contributed by atoms with Crippen molar-refractivity contribution in [2.75, 3.05) is 13.2 Å². The Morgan fingerprint density at radius 1 is 0.761 bits per heavy atom. The number of rotatable bonds is 27. The van der Waals surface area contributed by atoms with E-state index < -0.39 is 49.5 Å². The summed E-state index contributed by atoms with van der Waals surface area (Å²) in [5, 5.41) is 53.6. The first kappa shape index (κ1) is 42.2. The van der Waals surface area contributed by atoms with E-state index in [0.717, 1.165) is 77.0 Å². The van der Waals surface area contributed by atoms with Crippen LogP contribution in [0, 0.1) is 0 Å². The smallest absolute Gasteiger partial charge is 0.220 e. The van der Waals surface area contributed by atoms with E-state index in [1.54, 1.807) is 6.08 Å². The molecule has 7 atom stereocenters. The van der Waals surface area contributed by atoms with Crippen molar-refractivity contribution in [3.8, 4) is 0 Å². The Labute approximate surface area is 278 Å². The van der Waals surface area contributed by atoms with Crippen molar-refractivity contribution < 1.29 is 39.8 Å². The summed E-state index contributed by atoms with van der Waals surface area (Å²) in [4.78, 5) is 12.8. The quantitative estimate of drug-likeness (QED) is 0.0501. The van der Waals surface area contributed by atoms with Gasteiger partial charge in [0.15, 0.2) is 6.29 Å². The molecule has 46 heavy (non-hydrogen) atoms. The number of unbranched alkanes of at least 4 members (excludes halogenated alkanes) is 11. The third-order valence-corrected chi connectivity index (χ3v) is 8.16. The summed E-state index contributed by atoms with van der Waals surface area (Å²) >= 11 is 0. The minimum absolute atomic E-state index is 0.198. The van der Waals surface area contributed by atoms with E-state index in [2.05, 4.69) is 55.6 Å². The Balaban J connectivity index is 2.47. The number of ether oxygens (including phenoxy) is 2. The largest absolute Gasteiger partial charge is 0.394 e. The van der Waals surface area contributed by atoms with Crippen molar-refractivity contribution in [2.45, 2.75) is 166 Å². The molecule has 0 spiro atoms. The highest BCUT2D eigenvalue weighted by Gasteiger charge is 2.44. The van der Waals surface area contributed by atoms with Crippen LogP contribution in [0.25, 0.3) is 0 Å². The van der Waals surface area contributed by atoms with Gasteiger partial charge >= 0.3 is 0 Å². The summed E-state index contributed by atoms with van der Waals surface area (Å²) in [6.07, 6.45) is 25.9. The second-order valence-electron chi connectivity index (χ2n) is 12.3. The number of hydrogen-bond acceptors (Lipinski definition) is 8. The lowest BCUT2D eigenvalue weighted by atomic mass is 9.99. The molecule has 6 N–H and O–H groups in total. The predicted molar refractivity (Wildman–Crippen MR) is 184 cm³/mol. The third kappa shape index (κ3) is 19.7. The van der Waals surface area contributed by atoms with Gasteiger partial charge in [0.2, 0.25) is 5.91 Å². The molecule has 1 heterocycles. The Morgan fingerprint density at radius 3 is 2.00 bits per heavy atom. The molecule has 1 amide bonds. The number of allylic oxidation sites excluding steroid dienone is 7. The number of carbonyl (C=O) groups is 1. The van der Waals surface area contributed by atoms with E-state index in [1.807, 2.05) is 6.08 Å². The first-order valence-electron chi connectivity index (χ1n) is 17.9. The topological polar surface area (TPSA) is 149 Å². The van der Waals surface area contributed by atoms with Gasteiger partial charge in [-0.15, -0.1) is 0 Å². The molecule has 1 fully saturated rings. The van der Waals surface area contributed by atoms with E-state index in [0.29, 0.717) is 6.42 Å². The highest BCUT2D eigenvalue weighted by Crippen LogP contribution is 2.22. The fourth-order valence-electron chi connectivity index (χ4n) is 5.23. The minimum Gasteiger partial charge on any atom is -0.394 e. The van der Waals surface area contributed by atoms with Gasteiger partial charge in [0.05, 0.1) is 25.4 Å². The maximum Gasteiger partial charge on any atom is 0.220 e.